The van der Waals surface area contributed by atoms with Crippen LogP contribution in [0.2, 0.25) is 0 Å². The molecule has 4 nitrogen and oxygen atoms in total. The quantitative estimate of drug-likeness (QED) is 0.780. The van der Waals surface area contributed by atoms with Crippen LogP contribution in [0.15, 0.2) is 16.8 Å². The molecule has 0 aliphatic heterocycles. The minimum atomic E-state index is -0.151. The zero-order valence-corrected chi connectivity index (χ0v) is 13.5. The fourth-order valence-electron chi connectivity index (χ4n) is 2.86. The fourth-order valence-corrected chi connectivity index (χ4v) is 2.86. The Morgan fingerprint density at radius 2 is 1.80 bits per heavy atom. The van der Waals surface area contributed by atoms with E-state index in [-0.39, 0.29) is 11.9 Å². The summed E-state index contributed by atoms with van der Waals surface area (Å²) in [6.45, 7) is 8.70. The van der Waals surface area contributed by atoms with E-state index in [1.807, 2.05) is 6.92 Å². The monoisotopic (exact) mass is 279 g/mol. The lowest BCUT2D eigenvalue weighted by molar-refractivity contribution is -0.115. The number of nitrogens with two attached hydrogens (primary N) is 1. The number of hydrogen-bond acceptors (Lipinski definition) is 3. The van der Waals surface area contributed by atoms with Gasteiger partial charge in [-0.05, 0) is 43.9 Å². The standard InChI is InChI=1S/C16H29N3O/c1-6-13(17)14(18-5)15(20)19-12-9-7-11(8-10-12)16(2,3)4/h6,11-12H,7-10,17H2,1-5H3,(H,19,20)/b13-6+,18-14?. The van der Waals surface area contributed by atoms with E-state index in [0.717, 1.165) is 18.8 Å². The molecule has 0 radical (unpaired) electrons. The van der Waals surface area contributed by atoms with E-state index < -0.39 is 0 Å². The molecule has 1 rings (SSSR count). The van der Waals surface area contributed by atoms with Crippen LogP contribution in [0, 0.1) is 11.3 Å². The van der Waals surface area contributed by atoms with E-state index in [1.54, 1.807) is 13.1 Å². The number of carbonyl (C=O) groups excluding carboxylic acids is 1. The second-order valence-corrected chi connectivity index (χ2v) is 6.70. The molecule has 1 amide bonds. The number of nitrogens with one attached hydrogen (secondary N) is 1. The number of hydrogen-bond donors (Lipinski definition) is 2. The number of aliphatic imine (C=N–C) groups is 1. The summed E-state index contributed by atoms with van der Waals surface area (Å²) in [5.41, 5.74) is 6.92. The second kappa shape index (κ2) is 6.91. The average molecular weight is 279 g/mol. The molecule has 0 saturated heterocycles. The van der Waals surface area contributed by atoms with Crippen molar-refractivity contribution in [3.05, 3.63) is 11.8 Å². The molecule has 0 bridgehead atoms. The molecular formula is C16H29N3O. The van der Waals surface area contributed by atoms with Gasteiger partial charge in [0.05, 0.1) is 5.70 Å². The van der Waals surface area contributed by atoms with Crippen molar-refractivity contribution >= 4 is 11.6 Å². The van der Waals surface area contributed by atoms with Crippen molar-refractivity contribution in [3.8, 4) is 0 Å². The van der Waals surface area contributed by atoms with Crippen molar-refractivity contribution in [2.45, 2.75) is 59.4 Å². The third kappa shape index (κ3) is 4.36. The van der Waals surface area contributed by atoms with Crippen molar-refractivity contribution < 1.29 is 4.79 Å². The second-order valence-electron chi connectivity index (χ2n) is 6.70. The average Bonchev–Trinajstić information content (AvgIpc) is 2.38. The molecule has 0 aromatic heterocycles. The zero-order valence-electron chi connectivity index (χ0n) is 13.5. The molecule has 1 fully saturated rings. The Morgan fingerprint density at radius 1 is 1.25 bits per heavy atom. The first-order valence-corrected chi connectivity index (χ1v) is 7.49. The van der Waals surface area contributed by atoms with Crippen LogP contribution in [0.4, 0.5) is 0 Å². The van der Waals surface area contributed by atoms with E-state index in [4.69, 9.17) is 5.73 Å². The van der Waals surface area contributed by atoms with Crippen LogP contribution in [0.25, 0.3) is 0 Å². The van der Waals surface area contributed by atoms with Gasteiger partial charge in [-0.3, -0.25) is 9.79 Å². The smallest absolute Gasteiger partial charge is 0.271 e. The van der Waals surface area contributed by atoms with Crippen molar-refractivity contribution in [3.63, 3.8) is 0 Å². The first-order chi connectivity index (χ1) is 9.29. The summed E-state index contributed by atoms with van der Waals surface area (Å²) < 4.78 is 0. The zero-order chi connectivity index (χ0) is 15.3. The van der Waals surface area contributed by atoms with Gasteiger partial charge in [-0.15, -0.1) is 0 Å². The Labute approximate surface area is 122 Å². The van der Waals surface area contributed by atoms with Gasteiger partial charge in [-0.2, -0.15) is 0 Å². The van der Waals surface area contributed by atoms with Crippen LogP contribution in [0.3, 0.4) is 0 Å². The predicted molar refractivity (Wildman–Crippen MR) is 84.6 cm³/mol. The highest BCUT2D eigenvalue weighted by Crippen LogP contribution is 2.37. The summed E-state index contributed by atoms with van der Waals surface area (Å²) in [6.07, 6.45) is 6.14. The molecule has 1 aliphatic rings. The van der Waals surface area contributed by atoms with Crippen LogP contribution in [0.1, 0.15) is 53.4 Å². The normalized spacial score (nSPS) is 25.4. The summed E-state index contributed by atoms with van der Waals surface area (Å²) in [7, 11) is 1.60. The summed E-state index contributed by atoms with van der Waals surface area (Å²) in [4.78, 5) is 16.1. The van der Waals surface area contributed by atoms with Gasteiger partial charge in [0.2, 0.25) is 0 Å². The van der Waals surface area contributed by atoms with Crippen LogP contribution in [0.5, 0.6) is 0 Å². The number of carbonyl (C=O) groups is 1. The van der Waals surface area contributed by atoms with Crippen LogP contribution in [-0.4, -0.2) is 24.7 Å². The van der Waals surface area contributed by atoms with Crippen molar-refractivity contribution in [2.24, 2.45) is 22.1 Å². The lowest BCUT2D eigenvalue weighted by Gasteiger charge is -2.37. The number of allylic oxidation sites excluding steroid dienone is 1. The summed E-state index contributed by atoms with van der Waals surface area (Å²) >= 11 is 0. The lowest BCUT2D eigenvalue weighted by atomic mass is 9.71. The summed E-state index contributed by atoms with van der Waals surface area (Å²) in [5, 5.41) is 3.07. The molecule has 3 N–H and O–H groups in total. The predicted octanol–water partition coefficient (Wildman–Crippen LogP) is 2.64. The van der Waals surface area contributed by atoms with Gasteiger partial charge in [0.1, 0.15) is 5.71 Å². The molecule has 20 heavy (non-hydrogen) atoms. The Balaban J connectivity index is 2.54. The topological polar surface area (TPSA) is 67.5 Å². The van der Waals surface area contributed by atoms with Gasteiger partial charge in [-0.25, -0.2) is 0 Å². The molecule has 0 spiro atoms. The van der Waals surface area contributed by atoms with Crippen LogP contribution in [-0.2, 0) is 4.79 Å². The first-order valence-electron chi connectivity index (χ1n) is 7.49. The van der Waals surface area contributed by atoms with Crippen LogP contribution >= 0.6 is 0 Å². The first kappa shape index (κ1) is 16.7. The minimum absolute atomic E-state index is 0.151. The van der Waals surface area contributed by atoms with Crippen molar-refractivity contribution in [2.75, 3.05) is 7.05 Å². The summed E-state index contributed by atoms with van der Waals surface area (Å²) in [6, 6.07) is 0.252. The van der Waals surface area contributed by atoms with E-state index >= 15 is 0 Å². The Hall–Kier alpha value is -1.32. The molecule has 1 saturated carbocycles. The highest BCUT2D eigenvalue weighted by molar-refractivity contribution is 6.45. The Morgan fingerprint density at radius 3 is 2.20 bits per heavy atom. The van der Waals surface area contributed by atoms with Gasteiger partial charge >= 0.3 is 0 Å². The Kier molecular flexibility index (Phi) is 5.78. The molecule has 114 valence electrons. The van der Waals surface area contributed by atoms with E-state index in [2.05, 4.69) is 31.1 Å². The maximum Gasteiger partial charge on any atom is 0.271 e. The molecule has 4 heteroatoms. The van der Waals surface area contributed by atoms with Crippen LogP contribution < -0.4 is 11.1 Å². The largest absolute Gasteiger partial charge is 0.397 e. The summed E-state index contributed by atoms with van der Waals surface area (Å²) in [5.74, 6) is 0.595. The van der Waals surface area contributed by atoms with E-state index in [0.29, 0.717) is 16.8 Å². The van der Waals surface area contributed by atoms with Gasteiger partial charge in [0.15, 0.2) is 0 Å². The maximum absolute atomic E-state index is 12.2. The third-order valence-electron chi connectivity index (χ3n) is 4.31. The third-order valence-corrected chi connectivity index (χ3v) is 4.31. The lowest BCUT2D eigenvalue weighted by Crippen LogP contribution is -2.43. The minimum Gasteiger partial charge on any atom is -0.397 e. The fraction of sp³-hybridized carbons (Fsp3) is 0.750. The van der Waals surface area contributed by atoms with Gasteiger partial charge in [0, 0.05) is 13.1 Å². The van der Waals surface area contributed by atoms with Crippen molar-refractivity contribution in [1.29, 1.82) is 0 Å². The SMILES string of the molecule is C/C=C(/N)C(=NC)C(=O)NC1CCC(C(C)(C)C)CC1. The number of nitrogens with zero attached hydrogens (tertiary/aromatic N) is 1. The number of rotatable bonds is 3. The maximum atomic E-state index is 12.2. The van der Waals surface area contributed by atoms with Gasteiger partial charge in [-0.1, -0.05) is 26.8 Å². The van der Waals surface area contributed by atoms with E-state index in [1.165, 1.54) is 12.8 Å². The molecule has 0 aromatic rings. The molecule has 1 aliphatic carbocycles. The van der Waals surface area contributed by atoms with E-state index in [9.17, 15) is 4.79 Å². The molecule has 0 unspecified atom stereocenters. The van der Waals surface area contributed by atoms with Gasteiger partial charge < -0.3 is 11.1 Å². The molecular weight excluding hydrogens is 250 g/mol. The molecule has 0 atom stereocenters. The Bertz CT molecular complexity index is 396. The number of amides is 1. The van der Waals surface area contributed by atoms with Crippen molar-refractivity contribution in [1.82, 2.24) is 5.32 Å². The molecule has 0 heterocycles. The van der Waals surface area contributed by atoms with Gasteiger partial charge in [0.25, 0.3) is 5.91 Å². The highest BCUT2D eigenvalue weighted by atomic mass is 16.2. The molecule has 0 aromatic carbocycles. The highest BCUT2D eigenvalue weighted by Gasteiger charge is 2.30.